The van der Waals surface area contributed by atoms with Crippen LogP contribution in [0.4, 0.5) is 13.2 Å². The van der Waals surface area contributed by atoms with Crippen molar-refractivity contribution in [3.63, 3.8) is 0 Å². The first-order valence-corrected chi connectivity index (χ1v) is 4.33. The summed E-state index contributed by atoms with van der Waals surface area (Å²) in [5.41, 5.74) is 0. The van der Waals surface area contributed by atoms with Crippen molar-refractivity contribution >= 4 is 5.97 Å². The van der Waals surface area contributed by atoms with Crippen molar-refractivity contribution in [3.05, 3.63) is 0 Å². The van der Waals surface area contributed by atoms with E-state index in [1.807, 2.05) is 0 Å². The average Bonchev–Trinajstić information content (AvgIpc) is 2.15. The molecule has 0 spiro atoms. The molecule has 0 saturated carbocycles. The summed E-state index contributed by atoms with van der Waals surface area (Å²) in [5, 5.41) is 2.70. The largest absolute Gasteiger partial charge is 0.468 e. The number of halogens is 3. The smallest absolute Gasteiger partial charge is 0.391 e. The van der Waals surface area contributed by atoms with E-state index in [1.165, 1.54) is 7.11 Å². The Labute approximate surface area is 79.6 Å². The molecule has 0 aromatic rings. The van der Waals surface area contributed by atoms with Crippen LogP contribution < -0.4 is 5.32 Å². The van der Waals surface area contributed by atoms with Gasteiger partial charge in [0.15, 0.2) is 0 Å². The summed E-state index contributed by atoms with van der Waals surface area (Å²) in [6, 6.07) is -0.819. The molecule has 0 radical (unpaired) electrons. The third-order valence-corrected chi connectivity index (χ3v) is 2.35. The minimum Gasteiger partial charge on any atom is -0.468 e. The van der Waals surface area contributed by atoms with Crippen molar-refractivity contribution in [2.45, 2.75) is 25.1 Å². The Morgan fingerprint density at radius 1 is 1.50 bits per heavy atom. The molecule has 3 nitrogen and oxygen atoms in total. The first-order chi connectivity index (χ1) is 6.45. The maximum absolute atomic E-state index is 12.3. The number of hydrogen-bond donors (Lipinski definition) is 1. The first-order valence-electron chi connectivity index (χ1n) is 4.33. The maximum atomic E-state index is 12.3. The van der Waals surface area contributed by atoms with Gasteiger partial charge in [-0.05, 0) is 19.4 Å². The van der Waals surface area contributed by atoms with E-state index in [9.17, 15) is 18.0 Å². The van der Waals surface area contributed by atoms with Crippen LogP contribution in [0.25, 0.3) is 0 Å². The number of rotatable bonds is 1. The number of alkyl halides is 3. The molecule has 1 fully saturated rings. The molecule has 2 atom stereocenters. The van der Waals surface area contributed by atoms with Crippen molar-refractivity contribution in [2.75, 3.05) is 13.7 Å². The number of carbonyl (C=O) groups is 1. The van der Waals surface area contributed by atoms with Gasteiger partial charge in [-0.2, -0.15) is 13.2 Å². The lowest BCUT2D eigenvalue weighted by Gasteiger charge is -2.29. The van der Waals surface area contributed by atoms with Crippen LogP contribution >= 0.6 is 0 Å². The normalized spacial score (nSPS) is 28.6. The highest BCUT2D eigenvalue weighted by Crippen LogP contribution is 2.34. The molecule has 0 bridgehead atoms. The number of esters is 1. The lowest BCUT2D eigenvalue weighted by atomic mass is 9.92. The Morgan fingerprint density at radius 3 is 2.64 bits per heavy atom. The van der Waals surface area contributed by atoms with Crippen LogP contribution in [0, 0.1) is 5.92 Å². The topological polar surface area (TPSA) is 38.3 Å². The molecule has 1 rings (SSSR count). The molecule has 0 aliphatic carbocycles. The second-order valence-corrected chi connectivity index (χ2v) is 3.29. The van der Waals surface area contributed by atoms with Crippen LogP contribution in [0.15, 0.2) is 0 Å². The molecule has 1 N–H and O–H groups in total. The summed E-state index contributed by atoms with van der Waals surface area (Å²) in [5.74, 6) is -2.02. The molecule has 14 heavy (non-hydrogen) atoms. The molecule has 0 unspecified atom stereocenters. The molecule has 82 valence electrons. The highest BCUT2D eigenvalue weighted by atomic mass is 19.4. The van der Waals surface area contributed by atoms with Gasteiger partial charge in [0.1, 0.15) is 6.04 Å². The van der Waals surface area contributed by atoms with Gasteiger partial charge in [-0.15, -0.1) is 0 Å². The summed E-state index contributed by atoms with van der Waals surface area (Å²) in [4.78, 5) is 11.0. The highest BCUT2D eigenvalue weighted by Gasteiger charge is 2.43. The number of piperidine rings is 1. The van der Waals surface area contributed by atoms with Gasteiger partial charge in [-0.3, -0.25) is 4.79 Å². The molecule has 0 amide bonds. The summed E-state index contributed by atoms with van der Waals surface area (Å²) < 4.78 is 41.3. The number of methoxy groups -OCH3 is 1. The zero-order chi connectivity index (χ0) is 10.8. The summed E-state index contributed by atoms with van der Waals surface area (Å²) in [6.07, 6.45) is -4.42. The predicted octanol–water partition coefficient (Wildman–Crippen LogP) is 1.09. The van der Waals surface area contributed by atoms with E-state index in [-0.39, 0.29) is 19.4 Å². The maximum Gasteiger partial charge on any atom is 0.391 e. The first kappa shape index (κ1) is 11.3. The second kappa shape index (κ2) is 4.16. The van der Waals surface area contributed by atoms with Gasteiger partial charge >= 0.3 is 12.1 Å². The Balaban J connectivity index is 2.56. The molecule has 0 aromatic carbocycles. The van der Waals surface area contributed by atoms with Gasteiger partial charge in [-0.25, -0.2) is 0 Å². The minimum absolute atomic E-state index is 0.0248. The Kier molecular flexibility index (Phi) is 3.36. The van der Waals surface area contributed by atoms with E-state index in [4.69, 9.17) is 0 Å². The van der Waals surface area contributed by atoms with Crippen LogP contribution in [0.3, 0.4) is 0 Å². The van der Waals surface area contributed by atoms with E-state index >= 15 is 0 Å². The molecule has 6 heteroatoms. The summed E-state index contributed by atoms with van der Waals surface area (Å²) in [6.45, 7) is 0.198. The standard InChI is InChI=1S/C8H12F3NO2/c1-14-7(13)6-4-5(2-3-12-6)8(9,10)11/h5-6,12H,2-4H2,1H3/t5-,6+/m1/s1. The van der Waals surface area contributed by atoms with Gasteiger partial charge < -0.3 is 10.1 Å². The Hall–Kier alpha value is -0.780. The molecule has 1 saturated heterocycles. The van der Waals surface area contributed by atoms with Crippen LogP contribution in [0.1, 0.15) is 12.8 Å². The third kappa shape index (κ3) is 2.60. The lowest BCUT2D eigenvalue weighted by Crippen LogP contribution is -2.47. The van der Waals surface area contributed by atoms with Crippen molar-refractivity contribution in [3.8, 4) is 0 Å². The van der Waals surface area contributed by atoms with E-state index < -0.39 is 24.1 Å². The van der Waals surface area contributed by atoms with Crippen molar-refractivity contribution in [1.29, 1.82) is 0 Å². The quantitative estimate of drug-likeness (QED) is 0.660. The van der Waals surface area contributed by atoms with Crippen molar-refractivity contribution in [1.82, 2.24) is 5.32 Å². The Bertz CT molecular complexity index is 217. The number of nitrogens with one attached hydrogen (secondary N) is 1. The van der Waals surface area contributed by atoms with Crippen molar-refractivity contribution in [2.24, 2.45) is 5.92 Å². The van der Waals surface area contributed by atoms with Crippen LogP contribution in [0.2, 0.25) is 0 Å². The van der Waals surface area contributed by atoms with Crippen LogP contribution in [-0.2, 0) is 9.53 Å². The van der Waals surface area contributed by atoms with E-state index in [2.05, 4.69) is 10.1 Å². The van der Waals surface area contributed by atoms with E-state index in [0.29, 0.717) is 0 Å². The van der Waals surface area contributed by atoms with Crippen LogP contribution in [0.5, 0.6) is 0 Å². The van der Waals surface area contributed by atoms with Crippen molar-refractivity contribution < 1.29 is 22.7 Å². The minimum atomic E-state index is -4.21. The van der Waals surface area contributed by atoms with E-state index in [1.54, 1.807) is 0 Å². The lowest BCUT2D eigenvalue weighted by molar-refractivity contribution is -0.185. The SMILES string of the molecule is COC(=O)[C@@H]1C[C@H](C(F)(F)F)CCN1. The fourth-order valence-corrected chi connectivity index (χ4v) is 1.54. The average molecular weight is 211 g/mol. The zero-order valence-corrected chi connectivity index (χ0v) is 7.73. The summed E-state index contributed by atoms with van der Waals surface area (Å²) in [7, 11) is 1.17. The Morgan fingerprint density at radius 2 is 2.14 bits per heavy atom. The predicted molar refractivity (Wildman–Crippen MR) is 42.6 cm³/mol. The fourth-order valence-electron chi connectivity index (χ4n) is 1.54. The number of hydrogen-bond acceptors (Lipinski definition) is 3. The number of carbonyl (C=O) groups excluding carboxylic acids is 1. The van der Waals surface area contributed by atoms with E-state index in [0.717, 1.165) is 0 Å². The van der Waals surface area contributed by atoms with Gasteiger partial charge in [-0.1, -0.05) is 0 Å². The summed E-state index contributed by atoms with van der Waals surface area (Å²) >= 11 is 0. The molecular weight excluding hydrogens is 199 g/mol. The molecule has 1 aliphatic heterocycles. The molecule has 1 heterocycles. The van der Waals surface area contributed by atoms with Gasteiger partial charge in [0, 0.05) is 0 Å². The van der Waals surface area contributed by atoms with Gasteiger partial charge in [0.05, 0.1) is 13.0 Å². The molecule has 1 aliphatic rings. The van der Waals surface area contributed by atoms with Crippen LogP contribution in [-0.4, -0.2) is 31.8 Å². The fraction of sp³-hybridized carbons (Fsp3) is 0.875. The highest BCUT2D eigenvalue weighted by molar-refractivity contribution is 5.75. The second-order valence-electron chi connectivity index (χ2n) is 3.29. The monoisotopic (exact) mass is 211 g/mol. The third-order valence-electron chi connectivity index (χ3n) is 2.35. The molecule has 0 aromatic heterocycles. The zero-order valence-electron chi connectivity index (χ0n) is 7.73. The van der Waals surface area contributed by atoms with Gasteiger partial charge in [0.2, 0.25) is 0 Å². The van der Waals surface area contributed by atoms with Gasteiger partial charge in [0.25, 0.3) is 0 Å². The number of ether oxygens (including phenoxy) is 1. The molecular formula is C8H12F3NO2.